The van der Waals surface area contributed by atoms with Gasteiger partial charge in [-0.1, -0.05) is 19.1 Å². The van der Waals surface area contributed by atoms with E-state index in [4.69, 9.17) is 9.47 Å². The molecule has 0 aliphatic carbocycles. The first-order valence-corrected chi connectivity index (χ1v) is 8.98. The number of nitrogens with zero attached hydrogens (tertiary/aromatic N) is 1. The number of hydrogen-bond acceptors (Lipinski definition) is 5. The summed E-state index contributed by atoms with van der Waals surface area (Å²) in [6.45, 7) is 2.12. The van der Waals surface area contributed by atoms with E-state index in [-0.39, 0.29) is 5.91 Å². The van der Waals surface area contributed by atoms with E-state index in [1.807, 2.05) is 12.1 Å². The molecule has 0 fully saturated rings. The van der Waals surface area contributed by atoms with Gasteiger partial charge < -0.3 is 20.1 Å². The Morgan fingerprint density at radius 1 is 0.929 bits per heavy atom. The van der Waals surface area contributed by atoms with E-state index in [1.165, 1.54) is 5.56 Å². The smallest absolute Gasteiger partial charge is 0.255 e. The maximum absolute atomic E-state index is 12.6. The third kappa shape index (κ3) is 4.59. The van der Waals surface area contributed by atoms with Crippen LogP contribution in [0.15, 0.2) is 60.8 Å². The van der Waals surface area contributed by atoms with E-state index in [0.29, 0.717) is 28.6 Å². The van der Waals surface area contributed by atoms with Crippen molar-refractivity contribution in [2.75, 3.05) is 24.9 Å². The van der Waals surface area contributed by atoms with Crippen LogP contribution in [0, 0.1) is 0 Å². The molecule has 0 saturated heterocycles. The molecule has 6 heteroatoms. The van der Waals surface area contributed by atoms with Crippen molar-refractivity contribution in [1.29, 1.82) is 0 Å². The zero-order valence-corrected chi connectivity index (χ0v) is 16.2. The molecule has 0 spiro atoms. The average molecular weight is 377 g/mol. The third-order valence-electron chi connectivity index (χ3n) is 4.30. The molecule has 0 aliphatic heterocycles. The number of rotatable bonds is 7. The Balaban J connectivity index is 1.73. The Hall–Kier alpha value is -3.54. The van der Waals surface area contributed by atoms with Crippen LogP contribution in [-0.4, -0.2) is 25.1 Å². The summed E-state index contributed by atoms with van der Waals surface area (Å²) >= 11 is 0. The number of carbonyl (C=O) groups excluding carboxylic acids is 1. The monoisotopic (exact) mass is 377 g/mol. The molecule has 1 aromatic heterocycles. The number of anilines is 3. The standard InChI is InChI=1S/C22H23N3O3/c1-4-15-5-7-17(8-6-15)24-21-13-16(11-12-23-21)22(26)25-18-9-10-19(27-2)20(14-18)28-3/h5-14H,4H2,1-3H3,(H,23,24)(H,25,26). The van der Waals surface area contributed by atoms with Gasteiger partial charge in [0.05, 0.1) is 14.2 Å². The summed E-state index contributed by atoms with van der Waals surface area (Å²) in [5, 5.41) is 6.08. The molecule has 0 saturated carbocycles. The lowest BCUT2D eigenvalue weighted by Crippen LogP contribution is -2.12. The zero-order valence-electron chi connectivity index (χ0n) is 16.2. The van der Waals surface area contributed by atoms with Gasteiger partial charge in [0.25, 0.3) is 5.91 Å². The number of aromatic nitrogens is 1. The van der Waals surface area contributed by atoms with Crippen molar-refractivity contribution in [3.05, 3.63) is 71.9 Å². The summed E-state index contributed by atoms with van der Waals surface area (Å²) in [5.74, 6) is 1.51. The molecular formula is C22H23N3O3. The van der Waals surface area contributed by atoms with Crippen LogP contribution in [0.3, 0.4) is 0 Å². The number of carbonyl (C=O) groups is 1. The summed E-state index contributed by atoms with van der Waals surface area (Å²) in [5.41, 5.74) is 3.30. The van der Waals surface area contributed by atoms with Crippen LogP contribution < -0.4 is 20.1 Å². The van der Waals surface area contributed by atoms with Gasteiger partial charge in [-0.05, 0) is 48.4 Å². The highest BCUT2D eigenvalue weighted by atomic mass is 16.5. The summed E-state index contributed by atoms with van der Waals surface area (Å²) in [4.78, 5) is 16.9. The second-order valence-electron chi connectivity index (χ2n) is 6.13. The first-order valence-electron chi connectivity index (χ1n) is 8.98. The van der Waals surface area contributed by atoms with E-state index in [9.17, 15) is 4.79 Å². The van der Waals surface area contributed by atoms with Crippen molar-refractivity contribution < 1.29 is 14.3 Å². The van der Waals surface area contributed by atoms with Crippen LogP contribution in [0.2, 0.25) is 0 Å². The molecule has 6 nitrogen and oxygen atoms in total. The van der Waals surface area contributed by atoms with Gasteiger partial charge in [-0.2, -0.15) is 0 Å². The second kappa shape index (κ2) is 8.90. The molecule has 144 valence electrons. The van der Waals surface area contributed by atoms with E-state index in [2.05, 4.69) is 34.7 Å². The fourth-order valence-corrected chi connectivity index (χ4v) is 2.73. The number of methoxy groups -OCH3 is 2. The summed E-state index contributed by atoms with van der Waals surface area (Å²) in [7, 11) is 3.12. The van der Waals surface area contributed by atoms with E-state index < -0.39 is 0 Å². The number of benzene rings is 2. The molecule has 3 aromatic rings. The van der Waals surface area contributed by atoms with Crippen molar-refractivity contribution in [2.24, 2.45) is 0 Å². The molecule has 1 amide bonds. The molecule has 0 unspecified atom stereocenters. The van der Waals surface area contributed by atoms with Crippen LogP contribution in [-0.2, 0) is 6.42 Å². The summed E-state index contributed by atoms with van der Waals surface area (Å²) < 4.78 is 10.5. The summed E-state index contributed by atoms with van der Waals surface area (Å²) in [6.07, 6.45) is 2.59. The molecule has 2 aromatic carbocycles. The molecule has 0 aliphatic rings. The van der Waals surface area contributed by atoms with Crippen LogP contribution in [0.25, 0.3) is 0 Å². The number of ether oxygens (including phenoxy) is 2. The Labute approximate surface area is 164 Å². The SMILES string of the molecule is CCc1ccc(Nc2cc(C(=O)Nc3ccc(OC)c(OC)c3)ccn2)cc1. The minimum atomic E-state index is -0.237. The second-order valence-corrected chi connectivity index (χ2v) is 6.13. The number of pyridine rings is 1. The summed E-state index contributed by atoms with van der Waals surface area (Å²) in [6, 6.07) is 16.7. The highest BCUT2D eigenvalue weighted by Crippen LogP contribution is 2.30. The molecule has 0 atom stereocenters. The van der Waals surface area contributed by atoms with Gasteiger partial charge in [-0.15, -0.1) is 0 Å². The first kappa shape index (κ1) is 19.2. The minimum absolute atomic E-state index is 0.237. The zero-order chi connectivity index (χ0) is 19.9. The number of hydrogen-bond donors (Lipinski definition) is 2. The van der Waals surface area contributed by atoms with Crippen molar-refractivity contribution in [1.82, 2.24) is 4.98 Å². The van der Waals surface area contributed by atoms with Crippen molar-refractivity contribution in [3.8, 4) is 11.5 Å². The number of aryl methyl sites for hydroxylation is 1. The fourth-order valence-electron chi connectivity index (χ4n) is 2.73. The van der Waals surface area contributed by atoms with Gasteiger partial charge >= 0.3 is 0 Å². The minimum Gasteiger partial charge on any atom is -0.493 e. The Morgan fingerprint density at radius 3 is 2.32 bits per heavy atom. The topological polar surface area (TPSA) is 72.5 Å². The van der Waals surface area contributed by atoms with Gasteiger partial charge in [0.1, 0.15) is 5.82 Å². The average Bonchev–Trinajstić information content (AvgIpc) is 2.74. The fraction of sp³-hybridized carbons (Fsp3) is 0.182. The Kier molecular flexibility index (Phi) is 6.11. The Morgan fingerprint density at radius 2 is 1.64 bits per heavy atom. The van der Waals surface area contributed by atoms with E-state index in [1.54, 1.807) is 50.7 Å². The van der Waals surface area contributed by atoms with Crippen LogP contribution >= 0.6 is 0 Å². The number of amides is 1. The maximum atomic E-state index is 12.6. The molecule has 1 heterocycles. The largest absolute Gasteiger partial charge is 0.493 e. The molecule has 0 radical (unpaired) electrons. The molecule has 0 bridgehead atoms. The normalized spacial score (nSPS) is 10.2. The predicted molar refractivity (Wildman–Crippen MR) is 111 cm³/mol. The van der Waals surface area contributed by atoms with Crippen molar-refractivity contribution in [2.45, 2.75) is 13.3 Å². The lowest BCUT2D eigenvalue weighted by Gasteiger charge is -2.11. The highest BCUT2D eigenvalue weighted by molar-refractivity contribution is 6.04. The quantitative estimate of drug-likeness (QED) is 0.627. The number of nitrogens with one attached hydrogen (secondary N) is 2. The predicted octanol–water partition coefficient (Wildman–Crippen LogP) is 4.66. The van der Waals surface area contributed by atoms with Crippen molar-refractivity contribution in [3.63, 3.8) is 0 Å². The molecule has 3 rings (SSSR count). The van der Waals surface area contributed by atoms with Crippen LogP contribution in [0.4, 0.5) is 17.2 Å². The molecule has 28 heavy (non-hydrogen) atoms. The first-order chi connectivity index (χ1) is 13.6. The van der Waals surface area contributed by atoms with E-state index in [0.717, 1.165) is 12.1 Å². The highest BCUT2D eigenvalue weighted by Gasteiger charge is 2.10. The molecule has 2 N–H and O–H groups in total. The van der Waals surface area contributed by atoms with E-state index >= 15 is 0 Å². The van der Waals surface area contributed by atoms with Gasteiger partial charge in [0.15, 0.2) is 11.5 Å². The van der Waals surface area contributed by atoms with Crippen LogP contribution in [0.5, 0.6) is 11.5 Å². The third-order valence-corrected chi connectivity index (χ3v) is 4.30. The molecular weight excluding hydrogens is 354 g/mol. The van der Waals surface area contributed by atoms with Gasteiger partial charge in [-0.3, -0.25) is 4.79 Å². The lowest BCUT2D eigenvalue weighted by atomic mass is 10.1. The Bertz CT molecular complexity index is 955. The van der Waals surface area contributed by atoms with Gasteiger partial charge in [-0.25, -0.2) is 4.98 Å². The van der Waals surface area contributed by atoms with Crippen molar-refractivity contribution >= 4 is 23.1 Å². The van der Waals surface area contributed by atoms with Gasteiger partial charge in [0.2, 0.25) is 0 Å². The lowest BCUT2D eigenvalue weighted by molar-refractivity contribution is 0.102. The van der Waals surface area contributed by atoms with Crippen LogP contribution in [0.1, 0.15) is 22.8 Å². The maximum Gasteiger partial charge on any atom is 0.255 e. The van der Waals surface area contributed by atoms with Gasteiger partial charge in [0, 0.05) is 29.2 Å².